The van der Waals surface area contributed by atoms with Crippen LogP contribution >= 0.6 is 0 Å². The Bertz CT molecular complexity index is 532. The summed E-state index contributed by atoms with van der Waals surface area (Å²) in [4.78, 5) is 4.24. The van der Waals surface area contributed by atoms with Crippen molar-refractivity contribution in [3.05, 3.63) is 47.0 Å². The van der Waals surface area contributed by atoms with E-state index in [-0.39, 0.29) is 6.04 Å². The average molecular weight is 245 g/mol. The summed E-state index contributed by atoms with van der Waals surface area (Å²) in [6, 6.07) is 6.31. The fraction of sp³-hybridized carbons (Fsp3) is 0.385. The van der Waals surface area contributed by atoms with Crippen LogP contribution in [0.2, 0.25) is 0 Å². The van der Waals surface area contributed by atoms with E-state index in [1.807, 2.05) is 7.05 Å². The van der Waals surface area contributed by atoms with Crippen LogP contribution in [0.5, 0.6) is 0 Å². The normalized spacial score (nSPS) is 12.7. The number of benzene rings is 1. The zero-order chi connectivity index (χ0) is 13.1. The minimum Gasteiger partial charge on any atom is -0.271 e. The topological polar surface area (TPSA) is 68.8 Å². The SMILES string of the molecule is Cc1cccc(C(Cc2ncnn2C)NN)c1C. The van der Waals surface area contributed by atoms with Gasteiger partial charge in [0, 0.05) is 13.5 Å². The van der Waals surface area contributed by atoms with Crippen LogP contribution in [0.25, 0.3) is 0 Å². The highest BCUT2D eigenvalue weighted by atomic mass is 15.3. The number of aromatic nitrogens is 3. The first-order valence-corrected chi connectivity index (χ1v) is 5.98. The maximum atomic E-state index is 5.68. The van der Waals surface area contributed by atoms with Gasteiger partial charge in [-0.1, -0.05) is 18.2 Å². The second-order valence-corrected chi connectivity index (χ2v) is 4.51. The Morgan fingerprint density at radius 1 is 1.39 bits per heavy atom. The van der Waals surface area contributed by atoms with Crippen molar-refractivity contribution in [2.24, 2.45) is 12.9 Å². The molecule has 2 rings (SSSR count). The van der Waals surface area contributed by atoms with E-state index in [9.17, 15) is 0 Å². The second kappa shape index (κ2) is 5.29. The predicted octanol–water partition coefficient (Wildman–Crippen LogP) is 1.18. The Balaban J connectivity index is 2.29. The molecular formula is C13H19N5. The molecule has 18 heavy (non-hydrogen) atoms. The molecule has 3 N–H and O–H groups in total. The molecule has 0 aliphatic heterocycles. The quantitative estimate of drug-likeness (QED) is 0.627. The predicted molar refractivity (Wildman–Crippen MR) is 70.7 cm³/mol. The van der Waals surface area contributed by atoms with Gasteiger partial charge in [-0.05, 0) is 30.5 Å². The van der Waals surface area contributed by atoms with E-state index in [0.29, 0.717) is 0 Å². The summed E-state index contributed by atoms with van der Waals surface area (Å²) < 4.78 is 1.77. The first-order chi connectivity index (χ1) is 8.63. The summed E-state index contributed by atoms with van der Waals surface area (Å²) in [5.41, 5.74) is 6.62. The van der Waals surface area contributed by atoms with Crippen molar-refractivity contribution in [3.8, 4) is 0 Å². The lowest BCUT2D eigenvalue weighted by Crippen LogP contribution is -2.31. The van der Waals surface area contributed by atoms with Gasteiger partial charge in [0.25, 0.3) is 0 Å². The fourth-order valence-electron chi connectivity index (χ4n) is 2.10. The van der Waals surface area contributed by atoms with Gasteiger partial charge in [0.05, 0.1) is 6.04 Å². The van der Waals surface area contributed by atoms with Gasteiger partial charge in [0.2, 0.25) is 0 Å². The molecule has 0 bridgehead atoms. The number of nitrogens with zero attached hydrogens (tertiary/aromatic N) is 3. The molecule has 0 amide bonds. The number of hydrazine groups is 1. The molecule has 0 aliphatic rings. The van der Waals surface area contributed by atoms with Crippen LogP contribution in [-0.4, -0.2) is 14.8 Å². The van der Waals surface area contributed by atoms with Crippen LogP contribution in [-0.2, 0) is 13.5 Å². The molecule has 1 unspecified atom stereocenters. The van der Waals surface area contributed by atoms with Crippen molar-refractivity contribution in [1.82, 2.24) is 20.2 Å². The van der Waals surface area contributed by atoms with Crippen molar-refractivity contribution in [2.45, 2.75) is 26.3 Å². The lowest BCUT2D eigenvalue weighted by atomic mass is 9.96. The fourth-order valence-corrected chi connectivity index (χ4v) is 2.10. The van der Waals surface area contributed by atoms with E-state index < -0.39 is 0 Å². The zero-order valence-electron chi connectivity index (χ0n) is 11.0. The molecular weight excluding hydrogens is 226 g/mol. The number of hydrogen-bond donors (Lipinski definition) is 2. The van der Waals surface area contributed by atoms with Gasteiger partial charge in [-0.15, -0.1) is 0 Å². The lowest BCUT2D eigenvalue weighted by molar-refractivity contribution is 0.521. The third kappa shape index (κ3) is 2.42. The van der Waals surface area contributed by atoms with Crippen LogP contribution in [0.15, 0.2) is 24.5 Å². The molecule has 0 aliphatic carbocycles. The van der Waals surface area contributed by atoms with Crippen LogP contribution in [0.1, 0.15) is 28.6 Å². The van der Waals surface area contributed by atoms with Crippen molar-refractivity contribution >= 4 is 0 Å². The van der Waals surface area contributed by atoms with Crippen LogP contribution < -0.4 is 11.3 Å². The molecule has 1 aromatic carbocycles. The standard InChI is InChI=1S/C13H19N5/c1-9-5-4-6-11(10(9)2)12(17-14)7-13-15-8-16-18(13)3/h4-6,8,12,17H,7,14H2,1-3H3. The van der Waals surface area contributed by atoms with Gasteiger partial charge in [-0.25, -0.2) is 4.98 Å². The van der Waals surface area contributed by atoms with Gasteiger partial charge >= 0.3 is 0 Å². The summed E-state index contributed by atoms with van der Waals surface area (Å²) in [5, 5.41) is 4.07. The summed E-state index contributed by atoms with van der Waals surface area (Å²) in [6.45, 7) is 4.22. The van der Waals surface area contributed by atoms with Gasteiger partial charge < -0.3 is 0 Å². The summed E-state index contributed by atoms with van der Waals surface area (Å²) >= 11 is 0. The van der Waals surface area contributed by atoms with E-state index >= 15 is 0 Å². The van der Waals surface area contributed by atoms with Crippen LogP contribution in [0.3, 0.4) is 0 Å². The minimum absolute atomic E-state index is 0.0489. The molecule has 5 heteroatoms. The largest absolute Gasteiger partial charge is 0.271 e. The maximum Gasteiger partial charge on any atom is 0.138 e. The highest BCUT2D eigenvalue weighted by molar-refractivity contribution is 5.35. The smallest absolute Gasteiger partial charge is 0.138 e. The lowest BCUT2D eigenvalue weighted by Gasteiger charge is -2.19. The van der Waals surface area contributed by atoms with Crippen molar-refractivity contribution in [2.75, 3.05) is 0 Å². The van der Waals surface area contributed by atoms with Gasteiger partial charge in [0.15, 0.2) is 0 Å². The third-order valence-electron chi connectivity index (χ3n) is 3.41. The van der Waals surface area contributed by atoms with Gasteiger partial charge in [-0.2, -0.15) is 5.10 Å². The maximum absolute atomic E-state index is 5.68. The van der Waals surface area contributed by atoms with Gasteiger partial charge in [-0.3, -0.25) is 16.0 Å². The Morgan fingerprint density at radius 3 is 2.78 bits per heavy atom. The molecule has 1 heterocycles. The first kappa shape index (κ1) is 12.7. The Kier molecular flexibility index (Phi) is 3.74. The third-order valence-corrected chi connectivity index (χ3v) is 3.41. The Hall–Kier alpha value is -1.72. The Morgan fingerprint density at radius 2 is 2.17 bits per heavy atom. The molecule has 1 atom stereocenters. The van der Waals surface area contributed by atoms with E-state index in [0.717, 1.165) is 12.2 Å². The summed E-state index contributed by atoms with van der Waals surface area (Å²) in [5.74, 6) is 6.60. The van der Waals surface area contributed by atoms with Crippen molar-refractivity contribution in [1.29, 1.82) is 0 Å². The molecule has 0 spiro atoms. The van der Waals surface area contributed by atoms with E-state index in [1.54, 1.807) is 11.0 Å². The number of rotatable bonds is 4. The van der Waals surface area contributed by atoms with E-state index in [2.05, 4.69) is 47.6 Å². The van der Waals surface area contributed by atoms with Crippen LogP contribution in [0.4, 0.5) is 0 Å². The number of nitrogens with two attached hydrogens (primary N) is 1. The zero-order valence-corrected chi connectivity index (χ0v) is 11.0. The second-order valence-electron chi connectivity index (χ2n) is 4.51. The minimum atomic E-state index is 0.0489. The first-order valence-electron chi connectivity index (χ1n) is 5.98. The molecule has 1 aromatic heterocycles. The van der Waals surface area contributed by atoms with E-state index in [1.165, 1.54) is 16.7 Å². The van der Waals surface area contributed by atoms with Gasteiger partial charge in [0.1, 0.15) is 12.2 Å². The highest BCUT2D eigenvalue weighted by Gasteiger charge is 2.16. The molecule has 5 nitrogen and oxygen atoms in total. The van der Waals surface area contributed by atoms with Crippen molar-refractivity contribution < 1.29 is 0 Å². The number of aryl methyl sites for hydroxylation is 2. The molecule has 0 saturated heterocycles. The highest BCUT2D eigenvalue weighted by Crippen LogP contribution is 2.22. The molecule has 2 aromatic rings. The van der Waals surface area contributed by atoms with Crippen molar-refractivity contribution in [3.63, 3.8) is 0 Å². The monoisotopic (exact) mass is 245 g/mol. The molecule has 0 saturated carbocycles. The molecule has 96 valence electrons. The number of nitrogens with one attached hydrogen (secondary N) is 1. The summed E-state index contributed by atoms with van der Waals surface area (Å²) in [6.07, 6.45) is 2.28. The Labute approximate surface area is 107 Å². The summed E-state index contributed by atoms with van der Waals surface area (Å²) in [7, 11) is 1.89. The average Bonchev–Trinajstić information content (AvgIpc) is 2.76. The number of hydrogen-bond acceptors (Lipinski definition) is 4. The molecule has 0 fully saturated rings. The molecule has 0 radical (unpaired) electrons. The van der Waals surface area contributed by atoms with E-state index in [4.69, 9.17) is 5.84 Å². The van der Waals surface area contributed by atoms with Crippen LogP contribution in [0, 0.1) is 13.8 Å².